The zero-order valence-corrected chi connectivity index (χ0v) is 16.1. The number of piperidine rings is 1. The van der Waals surface area contributed by atoms with Gasteiger partial charge in [0.2, 0.25) is 0 Å². The van der Waals surface area contributed by atoms with E-state index >= 15 is 0 Å². The normalized spacial score (nSPS) is 36.8. The molecule has 2 atom stereocenters. The number of nitrogens with zero attached hydrogens (tertiary/aromatic N) is 2. The Labute approximate surface area is 148 Å². The second kappa shape index (κ2) is 5.56. The van der Waals surface area contributed by atoms with E-state index in [0.29, 0.717) is 16.4 Å². The van der Waals surface area contributed by atoms with Crippen LogP contribution in [-0.2, 0) is 5.41 Å². The molecule has 0 N–H and O–H groups in total. The number of pyridine rings is 1. The Morgan fingerprint density at radius 3 is 2.38 bits per heavy atom. The maximum absolute atomic E-state index is 4.39. The minimum Gasteiger partial charge on any atom is -0.297 e. The highest BCUT2D eigenvalue weighted by molar-refractivity contribution is 5.40. The molecule has 1 spiro atoms. The van der Waals surface area contributed by atoms with Crippen molar-refractivity contribution in [3.05, 3.63) is 29.6 Å². The molecule has 1 aromatic rings. The topological polar surface area (TPSA) is 16.1 Å². The first kappa shape index (κ1) is 16.6. The van der Waals surface area contributed by atoms with E-state index in [1.54, 1.807) is 0 Å². The van der Waals surface area contributed by atoms with E-state index in [0.717, 1.165) is 11.6 Å². The van der Waals surface area contributed by atoms with Gasteiger partial charge in [-0.15, -0.1) is 0 Å². The molecule has 4 rings (SSSR count). The van der Waals surface area contributed by atoms with Gasteiger partial charge in [-0.2, -0.15) is 0 Å². The van der Waals surface area contributed by atoms with Crippen molar-refractivity contribution in [2.24, 2.45) is 11.3 Å². The SMILES string of the molecule is Cc1cc(C2(C)CC2(C)N2CCC3(CCC(C)CC3)CC2)ccn1. The van der Waals surface area contributed by atoms with E-state index in [9.17, 15) is 0 Å². The van der Waals surface area contributed by atoms with Gasteiger partial charge in [0.15, 0.2) is 0 Å². The Hall–Kier alpha value is -0.890. The summed E-state index contributed by atoms with van der Waals surface area (Å²) in [6.07, 6.45) is 12.0. The molecule has 1 aromatic heterocycles. The van der Waals surface area contributed by atoms with E-state index in [-0.39, 0.29) is 0 Å². The van der Waals surface area contributed by atoms with Gasteiger partial charge in [-0.05, 0) is 88.1 Å². The molecule has 1 aliphatic heterocycles. The number of likely N-dealkylation sites (tertiary alicyclic amines) is 1. The van der Waals surface area contributed by atoms with E-state index in [1.165, 1.54) is 63.6 Å². The molecule has 2 nitrogen and oxygen atoms in total. The second-order valence-corrected chi connectivity index (χ2v) is 9.64. The number of hydrogen-bond acceptors (Lipinski definition) is 2. The summed E-state index contributed by atoms with van der Waals surface area (Å²) in [6.45, 7) is 12.1. The van der Waals surface area contributed by atoms with Crippen LogP contribution < -0.4 is 0 Å². The van der Waals surface area contributed by atoms with Crippen LogP contribution in [0.4, 0.5) is 0 Å². The molecular weight excluding hydrogens is 292 g/mol. The largest absolute Gasteiger partial charge is 0.297 e. The van der Waals surface area contributed by atoms with Gasteiger partial charge in [-0.25, -0.2) is 0 Å². The van der Waals surface area contributed by atoms with Gasteiger partial charge in [0.05, 0.1) is 0 Å². The fourth-order valence-electron chi connectivity index (χ4n) is 5.76. The third kappa shape index (κ3) is 2.53. The standard InChI is InChI=1S/C22H34N2/c1-17-5-8-22(9-6-17)10-13-24(14-11-22)21(4)16-20(21,3)19-7-12-23-18(2)15-19/h7,12,15,17H,5-6,8-11,13-14,16H2,1-4H3. The van der Waals surface area contributed by atoms with Crippen molar-refractivity contribution in [3.63, 3.8) is 0 Å². The van der Waals surface area contributed by atoms with E-state index in [4.69, 9.17) is 0 Å². The van der Waals surface area contributed by atoms with Crippen molar-refractivity contribution in [1.82, 2.24) is 9.88 Å². The lowest BCUT2D eigenvalue weighted by Gasteiger charge is -2.48. The monoisotopic (exact) mass is 326 g/mol. The number of hydrogen-bond donors (Lipinski definition) is 0. The van der Waals surface area contributed by atoms with Crippen LogP contribution in [0.2, 0.25) is 0 Å². The predicted molar refractivity (Wildman–Crippen MR) is 100 cm³/mol. The summed E-state index contributed by atoms with van der Waals surface area (Å²) in [7, 11) is 0. The van der Waals surface area contributed by atoms with Crippen molar-refractivity contribution in [1.29, 1.82) is 0 Å². The molecule has 3 aliphatic rings. The molecule has 2 heteroatoms. The van der Waals surface area contributed by atoms with E-state index in [2.05, 4.69) is 49.7 Å². The first-order chi connectivity index (χ1) is 11.4. The van der Waals surface area contributed by atoms with Gasteiger partial charge >= 0.3 is 0 Å². The Morgan fingerprint density at radius 2 is 1.75 bits per heavy atom. The number of aryl methyl sites for hydroxylation is 1. The van der Waals surface area contributed by atoms with E-state index in [1.807, 2.05) is 6.20 Å². The smallest absolute Gasteiger partial charge is 0.0375 e. The van der Waals surface area contributed by atoms with Gasteiger partial charge in [-0.3, -0.25) is 9.88 Å². The maximum atomic E-state index is 4.39. The van der Waals surface area contributed by atoms with Crippen molar-refractivity contribution in [2.45, 2.75) is 83.6 Å². The van der Waals surface area contributed by atoms with Crippen LogP contribution in [0.3, 0.4) is 0 Å². The third-order valence-corrected chi connectivity index (χ3v) is 8.15. The Bertz CT molecular complexity index is 606. The third-order valence-electron chi connectivity index (χ3n) is 8.15. The molecule has 0 bridgehead atoms. The van der Waals surface area contributed by atoms with Crippen molar-refractivity contribution < 1.29 is 0 Å². The first-order valence-corrected chi connectivity index (χ1v) is 10.1. The quantitative estimate of drug-likeness (QED) is 0.751. The van der Waals surface area contributed by atoms with Crippen LogP contribution in [-0.4, -0.2) is 28.5 Å². The lowest BCUT2D eigenvalue weighted by molar-refractivity contribution is 0.0271. The molecule has 2 unspecified atom stereocenters. The van der Waals surface area contributed by atoms with Crippen LogP contribution in [0, 0.1) is 18.3 Å². The molecule has 132 valence electrons. The summed E-state index contributed by atoms with van der Waals surface area (Å²) < 4.78 is 0. The highest BCUT2D eigenvalue weighted by Gasteiger charge is 2.65. The minimum absolute atomic E-state index is 0.312. The van der Waals surface area contributed by atoms with Crippen molar-refractivity contribution >= 4 is 0 Å². The summed E-state index contributed by atoms with van der Waals surface area (Å²) in [6, 6.07) is 4.55. The van der Waals surface area contributed by atoms with Gasteiger partial charge in [0.1, 0.15) is 0 Å². The van der Waals surface area contributed by atoms with Crippen LogP contribution in [0.25, 0.3) is 0 Å². The van der Waals surface area contributed by atoms with Gasteiger partial charge in [0, 0.05) is 22.8 Å². The highest BCUT2D eigenvalue weighted by atomic mass is 15.3. The zero-order chi connectivity index (χ0) is 17.0. The fourth-order valence-corrected chi connectivity index (χ4v) is 5.76. The Balaban J connectivity index is 1.45. The molecular formula is C22H34N2. The Morgan fingerprint density at radius 1 is 1.08 bits per heavy atom. The summed E-state index contributed by atoms with van der Waals surface area (Å²) in [5, 5.41) is 0. The lowest BCUT2D eigenvalue weighted by atomic mass is 9.65. The average Bonchev–Trinajstić information content (AvgIpc) is 3.16. The van der Waals surface area contributed by atoms with Gasteiger partial charge in [0.25, 0.3) is 0 Å². The van der Waals surface area contributed by atoms with Crippen LogP contribution >= 0.6 is 0 Å². The maximum Gasteiger partial charge on any atom is 0.0375 e. The summed E-state index contributed by atoms with van der Waals surface area (Å²) >= 11 is 0. The molecule has 0 amide bonds. The zero-order valence-electron chi connectivity index (χ0n) is 16.1. The molecule has 2 saturated carbocycles. The van der Waals surface area contributed by atoms with Crippen LogP contribution in [0.1, 0.15) is 77.0 Å². The van der Waals surface area contributed by atoms with Crippen LogP contribution in [0.5, 0.6) is 0 Å². The average molecular weight is 327 g/mol. The summed E-state index contributed by atoms with van der Waals surface area (Å²) in [5.74, 6) is 0.966. The molecule has 2 aliphatic carbocycles. The molecule has 24 heavy (non-hydrogen) atoms. The lowest BCUT2D eigenvalue weighted by Crippen LogP contribution is -2.48. The summed E-state index contributed by atoms with van der Waals surface area (Å²) in [4.78, 5) is 7.22. The van der Waals surface area contributed by atoms with Gasteiger partial charge in [-0.1, -0.05) is 26.7 Å². The minimum atomic E-state index is 0.312. The predicted octanol–water partition coefficient (Wildman–Crippen LogP) is 5.10. The molecule has 1 saturated heterocycles. The molecule has 2 heterocycles. The molecule has 3 fully saturated rings. The van der Waals surface area contributed by atoms with Crippen LogP contribution in [0.15, 0.2) is 18.3 Å². The first-order valence-electron chi connectivity index (χ1n) is 10.1. The molecule has 0 radical (unpaired) electrons. The van der Waals surface area contributed by atoms with Crippen molar-refractivity contribution in [2.75, 3.05) is 13.1 Å². The fraction of sp³-hybridized carbons (Fsp3) is 0.773. The van der Waals surface area contributed by atoms with Gasteiger partial charge < -0.3 is 0 Å². The summed E-state index contributed by atoms with van der Waals surface area (Å²) in [5.41, 5.74) is 4.00. The number of rotatable bonds is 2. The van der Waals surface area contributed by atoms with E-state index < -0.39 is 0 Å². The second-order valence-electron chi connectivity index (χ2n) is 9.64. The highest BCUT2D eigenvalue weighted by Crippen LogP contribution is 2.62. The Kier molecular flexibility index (Phi) is 3.84. The van der Waals surface area contributed by atoms with Crippen molar-refractivity contribution in [3.8, 4) is 0 Å². The number of aromatic nitrogens is 1. The molecule has 0 aromatic carbocycles.